The van der Waals surface area contributed by atoms with E-state index in [0.717, 1.165) is 0 Å². The number of nitrogens with two attached hydrogens (primary N) is 1. The van der Waals surface area contributed by atoms with Crippen LogP contribution in [0, 0.1) is 0 Å². The lowest BCUT2D eigenvalue weighted by Gasteiger charge is -2.08. The van der Waals surface area contributed by atoms with Gasteiger partial charge in [-0.05, 0) is 29.7 Å². The predicted molar refractivity (Wildman–Crippen MR) is 74.4 cm³/mol. The van der Waals surface area contributed by atoms with Crippen molar-refractivity contribution in [3.05, 3.63) is 48.5 Å². The Kier molecular flexibility index (Phi) is 5.03. The molecule has 2 rings (SSSR count). The maximum Gasteiger partial charge on any atom is 0.488 e. The van der Waals surface area contributed by atoms with E-state index in [9.17, 15) is 0 Å². The monoisotopic (exact) mass is 265 g/mol. The van der Waals surface area contributed by atoms with Gasteiger partial charge in [-0.15, -0.1) is 12.4 Å². The molecule has 0 atom stereocenters. The molecule has 18 heavy (non-hydrogen) atoms. The molecule has 2 aromatic carbocycles. The summed E-state index contributed by atoms with van der Waals surface area (Å²) in [7, 11) is -1.47. The van der Waals surface area contributed by atoms with E-state index >= 15 is 0 Å². The first-order valence-corrected chi connectivity index (χ1v) is 5.15. The van der Waals surface area contributed by atoms with Crippen molar-refractivity contribution in [1.82, 2.24) is 0 Å². The van der Waals surface area contributed by atoms with Gasteiger partial charge in [0.05, 0.1) is 5.69 Å². The largest absolute Gasteiger partial charge is 0.488 e. The Balaban J connectivity index is 0.00000162. The molecule has 0 saturated heterocycles. The van der Waals surface area contributed by atoms with E-state index < -0.39 is 7.12 Å². The number of halogens is 1. The average Bonchev–Trinajstić information content (AvgIpc) is 2.33. The zero-order valence-corrected chi connectivity index (χ0v) is 10.3. The Morgan fingerprint density at radius 3 is 2.11 bits per heavy atom. The molecule has 4 nitrogen and oxygen atoms in total. The van der Waals surface area contributed by atoms with Crippen LogP contribution < -0.4 is 15.9 Å². The maximum atomic E-state index is 8.94. The lowest BCUT2D eigenvalue weighted by atomic mass is 9.80. The van der Waals surface area contributed by atoms with Crippen molar-refractivity contribution < 1.29 is 14.8 Å². The molecule has 0 heterocycles. The van der Waals surface area contributed by atoms with E-state index in [4.69, 9.17) is 20.5 Å². The molecule has 0 unspecified atom stereocenters. The molecular weight excluding hydrogens is 252 g/mol. The molecule has 0 amide bonds. The molecule has 0 radical (unpaired) electrons. The second kappa shape index (κ2) is 6.30. The van der Waals surface area contributed by atoms with Crippen LogP contribution in [0.25, 0.3) is 0 Å². The standard InChI is InChI=1S/C12H12BNO3.ClH/c14-11-3-1-2-4-12(11)17-10-7-5-9(6-8-10)13(15)16;/h1-8,15-16H,14H2;1H. The van der Waals surface area contributed by atoms with E-state index in [2.05, 4.69) is 0 Å². The first kappa shape index (κ1) is 14.4. The minimum Gasteiger partial charge on any atom is -0.455 e. The number of anilines is 1. The Hall–Kier alpha value is -1.69. The van der Waals surface area contributed by atoms with Gasteiger partial charge in [0.15, 0.2) is 0 Å². The molecule has 0 aliphatic carbocycles. The normalized spacial score (nSPS) is 9.44. The van der Waals surface area contributed by atoms with E-state index in [1.54, 1.807) is 36.4 Å². The van der Waals surface area contributed by atoms with E-state index in [1.807, 2.05) is 12.1 Å². The summed E-state index contributed by atoms with van der Waals surface area (Å²) in [5.41, 5.74) is 6.71. The van der Waals surface area contributed by atoms with Crippen LogP contribution in [-0.4, -0.2) is 17.2 Å². The fourth-order valence-corrected chi connectivity index (χ4v) is 1.41. The van der Waals surface area contributed by atoms with Crippen molar-refractivity contribution >= 4 is 30.7 Å². The Bertz CT molecular complexity index is 505. The zero-order chi connectivity index (χ0) is 12.3. The first-order chi connectivity index (χ1) is 8.16. The number of benzene rings is 2. The third-order valence-corrected chi connectivity index (χ3v) is 2.33. The summed E-state index contributed by atoms with van der Waals surface area (Å²) in [5, 5.41) is 17.9. The Labute approximate surface area is 112 Å². The lowest BCUT2D eigenvalue weighted by molar-refractivity contribution is 0.425. The van der Waals surface area contributed by atoms with Crippen LogP contribution in [0.15, 0.2) is 48.5 Å². The first-order valence-electron chi connectivity index (χ1n) is 5.15. The maximum absolute atomic E-state index is 8.94. The molecule has 0 saturated carbocycles. The van der Waals surface area contributed by atoms with Gasteiger partial charge in [0, 0.05) is 0 Å². The molecule has 0 aliphatic rings. The summed E-state index contributed by atoms with van der Waals surface area (Å²) in [6.07, 6.45) is 0. The predicted octanol–water partition coefficient (Wildman–Crippen LogP) is 1.16. The Morgan fingerprint density at radius 2 is 1.56 bits per heavy atom. The average molecular weight is 266 g/mol. The molecule has 2 aromatic rings. The van der Waals surface area contributed by atoms with Crippen LogP contribution in [0.1, 0.15) is 0 Å². The van der Waals surface area contributed by atoms with Crippen molar-refractivity contribution in [2.75, 3.05) is 5.73 Å². The lowest BCUT2D eigenvalue weighted by Crippen LogP contribution is -2.29. The SMILES string of the molecule is Cl.Nc1ccccc1Oc1ccc(B(O)O)cc1. The molecule has 0 fully saturated rings. The van der Waals surface area contributed by atoms with Gasteiger partial charge in [-0.1, -0.05) is 24.3 Å². The number of hydrogen-bond acceptors (Lipinski definition) is 4. The second-order valence-corrected chi connectivity index (χ2v) is 3.58. The number of rotatable bonds is 3. The minimum atomic E-state index is -1.47. The van der Waals surface area contributed by atoms with E-state index in [1.165, 1.54) is 0 Å². The summed E-state index contributed by atoms with van der Waals surface area (Å²) < 4.78 is 5.56. The van der Waals surface area contributed by atoms with Gasteiger partial charge in [-0.2, -0.15) is 0 Å². The van der Waals surface area contributed by atoms with Crippen LogP contribution in [-0.2, 0) is 0 Å². The highest BCUT2D eigenvalue weighted by atomic mass is 35.5. The van der Waals surface area contributed by atoms with Crippen molar-refractivity contribution in [1.29, 1.82) is 0 Å². The molecule has 0 aliphatic heterocycles. The molecule has 0 aromatic heterocycles. The van der Waals surface area contributed by atoms with Gasteiger partial charge in [-0.25, -0.2) is 0 Å². The van der Waals surface area contributed by atoms with Crippen molar-refractivity contribution in [3.8, 4) is 11.5 Å². The van der Waals surface area contributed by atoms with Gasteiger partial charge in [0.2, 0.25) is 0 Å². The van der Waals surface area contributed by atoms with Crippen LogP contribution in [0.2, 0.25) is 0 Å². The molecule has 94 valence electrons. The number of hydrogen-bond donors (Lipinski definition) is 3. The quantitative estimate of drug-likeness (QED) is 0.575. The smallest absolute Gasteiger partial charge is 0.455 e. The van der Waals surface area contributed by atoms with Gasteiger partial charge < -0.3 is 20.5 Å². The molecule has 4 N–H and O–H groups in total. The number of ether oxygens (including phenoxy) is 1. The topological polar surface area (TPSA) is 75.7 Å². The van der Waals surface area contributed by atoms with Crippen molar-refractivity contribution in [2.24, 2.45) is 0 Å². The van der Waals surface area contributed by atoms with E-state index in [-0.39, 0.29) is 12.4 Å². The fraction of sp³-hybridized carbons (Fsp3) is 0. The highest BCUT2D eigenvalue weighted by Gasteiger charge is 2.10. The van der Waals surface area contributed by atoms with E-state index in [0.29, 0.717) is 22.6 Å². The zero-order valence-electron chi connectivity index (χ0n) is 9.48. The third-order valence-electron chi connectivity index (χ3n) is 2.33. The summed E-state index contributed by atoms with van der Waals surface area (Å²) in [5.74, 6) is 1.16. The Morgan fingerprint density at radius 1 is 0.944 bits per heavy atom. The highest BCUT2D eigenvalue weighted by molar-refractivity contribution is 6.58. The van der Waals surface area contributed by atoms with Crippen molar-refractivity contribution in [3.63, 3.8) is 0 Å². The summed E-state index contributed by atoms with van der Waals surface area (Å²) in [6.45, 7) is 0. The summed E-state index contributed by atoms with van der Waals surface area (Å²) >= 11 is 0. The molecule has 0 bridgehead atoms. The number of para-hydroxylation sites is 2. The van der Waals surface area contributed by atoms with Crippen molar-refractivity contribution in [2.45, 2.75) is 0 Å². The third kappa shape index (κ3) is 3.40. The molecule has 6 heteroatoms. The van der Waals surface area contributed by atoms with Gasteiger partial charge in [0.25, 0.3) is 0 Å². The van der Waals surface area contributed by atoms with Gasteiger partial charge in [0.1, 0.15) is 11.5 Å². The number of nitrogen functional groups attached to an aromatic ring is 1. The van der Waals surface area contributed by atoms with Crippen LogP contribution in [0.5, 0.6) is 11.5 Å². The summed E-state index contributed by atoms with van der Waals surface area (Å²) in [6, 6.07) is 13.6. The van der Waals surface area contributed by atoms with Gasteiger partial charge in [-0.3, -0.25) is 0 Å². The van der Waals surface area contributed by atoms with Crippen LogP contribution >= 0.6 is 12.4 Å². The second-order valence-electron chi connectivity index (χ2n) is 3.58. The van der Waals surface area contributed by atoms with Crippen LogP contribution in [0.3, 0.4) is 0 Å². The minimum absolute atomic E-state index is 0. The van der Waals surface area contributed by atoms with Gasteiger partial charge >= 0.3 is 7.12 Å². The highest BCUT2D eigenvalue weighted by Crippen LogP contribution is 2.26. The molecular formula is C12H13BClNO3. The van der Waals surface area contributed by atoms with Crippen LogP contribution in [0.4, 0.5) is 5.69 Å². The molecule has 0 spiro atoms. The summed E-state index contributed by atoms with van der Waals surface area (Å²) in [4.78, 5) is 0. The fourth-order valence-electron chi connectivity index (χ4n) is 1.41.